The highest BCUT2D eigenvalue weighted by Gasteiger charge is 2.24. The molecule has 22 heavy (non-hydrogen) atoms. The van der Waals surface area contributed by atoms with Crippen LogP contribution in [0.1, 0.15) is 16.8 Å². The maximum Gasteiger partial charge on any atom is 0.321 e. The topological polar surface area (TPSA) is 82.2 Å². The summed E-state index contributed by atoms with van der Waals surface area (Å²) < 4.78 is 1.82. The van der Waals surface area contributed by atoms with Crippen molar-refractivity contribution < 1.29 is 9.90 Å². The Bertz CT molecular complexity index is 685. The molecule has 6 nitrogen and oxygen atoms in total. The van der Waals surface area contributed by atoms with Crippen molar-refractivity contribution in [1.29, 1.82) is 5.26 Å². The van der Waals surface area contributed by atoms with E-state index in [0.29, 0.717) is 18.5 Å². The Balaban J connectivity index is 2.09. The molecule has 1 N–H and O–H groups in total. The summed E-state index contributed by atoms with van der Waals surface area (Å²) in [7, 11) is 3.63. The van der Waals surface area contributed by atoms with Gasteiger partial charge in [-0.15, -0.1) is 0 Å². The second-order valence-electron chi connectivity index (χ2n) is 5.28. The minimum Gasteiger partial charge on any atom is -0.480 e. The molecular formula is C16H18N4O2. The minimum atomic E-state index is -0.864. The lowest BCUT2D eigenvalue weighted by Gasteiger charge is -2.24. The van der Waals surface area contributed by atoms with E-state index in [4.69, 9.17) is 5.26 Å². The monoisotopic (exact) mass is 298 g/mol. The number of imidazole rings is 1. The van der Waals surface area contributed by atoms with Crippen LogP contribution >= 0.6 is 0 Å². The van der Waals surface area contributed by atoms with Crippen molar-refractivity contribution in [2.24, 2.45) is 7.05 Å². The van der Waals surface area contributed by atoms with E-state index in [9.17, 15) is 9.90 Å². The fourth-order valence-corrected chi connectivity index (χ4v) is 2.29. The van der Waals surface area contributed by atoms with Crippen molar-refractivity contribution in [2.75, 3.05) is 7.05 Å². The lowest BCUT2D eigenvalue weighted by molar-refractivity contribution is -0.143. The van der Waals surface area contributed by atoms with Gasteiger partial charge in [-0.3, -0.25) is 9.69 Å². The summed E-state index contributed by atoms with van der Waals surface area (Å²) in [5.41, 5.74) is 2.44. The second-order valence-corrected chi connectivity index (χ2v) is 5.28. The number of carbonyl (C=O) groups is 1. The van der Waals surface area contributed by atoms with E-state index in [1.165, 1.54) is 0 Å². The van der Waals surface area contributed by atoms with Gasteiger partial charge in [0.25, 0.3) is 0 Å². The summed E-state index contributed by atoms with van der Waals surface area (Å²) in [6, 6.07) is 8.60. The predicted octanol–water partition coefficient (Wildman–Crippen LogP) is 1.42. The van der Waals surface area contributed by atoms with Crippen molar-refractivity contribution in [3.05, 3.63) is 53.6 Å². The molecule has 2 aromatic rings. The van der Waals surface area contributed by atoms with Crippen molar-refractivity contribution in [2.45, 2.75) is 19.0 Å². The molecule has 0 aliphatic carbocycles. The molecule has 0 unspecified atom stereocenters. The third-order valence-electron chi connectivity index (χ3n) is 3.65. The Morgan fingerprint density at radius 1 is 1.45 bits per heavy atom. The van der Waals surface area contributed by atoms with Gasteiger partial charge >= 0.3 is 5.97 Å². The molecule has 6 heteroatoms. The molecule has 0 radical (unpaired) electrons. The lowest BCUT2D eigenvalue weighted by atomic mass is 10.1. The Labute approximate surface area is 129 Å². The smallest absolute Gasteiger partial charge is 0.321 e. The van der Waals surface area contributed by atoms with Crippen LogP contribution in [0.4, 0.5) is 0 Å². The van der Waals surface area contributed by atoms with Crippen molar-refractivity contribution in [1.82, 2.24) is 14.5 Å². The van der Waals surface area contributed by atoms with Crippen LogP contribution < -0.4 is 0 Å². The summed E-state index contributed by atoms with van der Waals surface area (Å²) in [6.45, 7) is 0.501. The van der Waals surface area contributed by atoms with Gasteiger partial charge in [0.2, 0.25) is 0 Å². The van der Waals surface area contributed by atoms with Crippen LogP contribution in [-0.4, -0.2) is 38.6 Å². The van der Waals surface area contributed by atoms with Crippen LogP contribution in [0.2, 0.25) is 0 Å². The van der Waals surface area contributed by atoms with Crippen LogP contribution in [0.3, 0.4) is 0 Å². The van der Waals surface area contributed by atoms with Crippen molar-refractivity contribution in [3.63, 3.8) is 0 Å². The quantitative estimate of drug-likeness (QED) is 0.872. The summed E-state index contributed by atoms with van der Waals surface area (Å²) in [5, 5.41) is 18.3. The van der Waals surface area contributed by atoms with E-state index in [-0.39, 0.29) is 0 Å². The highest BCUT2D eigenvalue weighted by atomic mass is 16.4. The Morgan fingerprint density at radius 3 is 2.64 bits per heavy atom. The number of carboxylic acid groups (broad SMARTS) is 1. The Hall–Kier alpha value is -2.65. The molecule has 0 aliphatic heterocycles. The third-order valence-corrected chi connectivity index (χ3v) is 3.65. The molecule has 0 saturated heterocycles. The number of aliphatic carboxylic acids is 1. The van der Waals surface area contributed by atoms with E-state index >= 15 is 0 Å². The average molecular weight is 298 g/mol. The number of carboxylic acids is 1. The fourth-order valence-electron chi connectivity index (χ4n) is 2.29. The molecule has 1 heterocycles. The van der Waals surface area contributed by atoms with Crippen LogP contribution in [0.25, 0.3) is 0 Å². The highest BCUT2D eigenvalue weighted by molar-refractivity contribution is 5.73. The van der Waals surface area contributed by atoms with Crippen molar-refractivity contribution in [3.8, 4) is 6.07 Å². The number of hydrogen-bond donors (Lipinski definition) is 1. The number of nitriles is 1. The molecule has 0 amide bonds. The van der Waals surface area contributed by atoms with Gasteiger partial charge in [-0.25, -0.2) is 4.98 Å². The van der Waals surface area contributed by atoms with Gasteiger partial charge in [0.15, 0.2) is 0 Å². The number of aryl methyl sites for hydroxylation is 1. The average Bonchev–Trinajstić information content (AvgIpc) is 2.90. The highest BCUT2D eigenvalue weighted by Crippen LogP contribution is 2.12. The molecule has 0 aliphatic rings. The van der Waals surface area contributed by atoms with Gasteiger partial charge in [0.1, 0.15) is 6.04 Å². The largest absolute Gasteiger partial charge is 0.480 e. The van der Waals surface area contributed by atoms with Gasteiger partial charge in [-0.05, 0) is 24.7 Å². The standard InChI is InChI=1S/C16H18N4O2/c1-19(10-13-5-3-12(8-17)4-6-13)15(16(21)22)7-14-9-18-11-20(14)2/h3-6,9,11,15H,7,10H2,1-2H3,(H,21,22)/t15-/m1/s1. The summed E-state index contributed by atoms with van der Waals surface area (Å²) in [4.78, 5) is 17.4. The number of likely N-dealkylation sites (N-methyl/N-ethyl adjacent to an activating group) is 1. The first-order chi connectivity index (χ1) is 10.5. The van der Waals surface area contributed by atoms with Crippen LogP contribution in [-0.2, 0) is 24.8 Å². The summed E-state index contributed by atoms with van der Waals surface area (Å²) in [5.74, 6) is -0.864. The van der Waals surface area contributed by atoms with Gasteiger partial charge in [-0.1, -0.05) is 12.1 Å². The van der Waals surface area contributed by atoms with E-state index in [1.54, 1.807) is 36.6 Å². The van der Waals surface area contributed by atoms with Crippen LogP contribution in [0.15, 0.2) is 36.8 Å². The molecule has 0 saturated carbocycles. The van der Waals surface area contributed by atoms with E-state index in [1.807, 2.05) is 23.7 Å². The molecule has 114 valence electrons. The zero-order valence-electron chi connectivity index (χ0n) is 12.6. The fraction of sp³-hybridized carbons (Fsp3) is 0.312. The van der Waals surface area contributed by atoms with Gasteiger partial charge < -0.3 is 9.67 Å². The lowest BCUT2D eigenvalue weighted by Crippen LogP contribution is -2.40. The van der Waals surface area contributed by atoms with E-state index < -0.39 is 12.0 Å². The molecule has 0 fully saturated rings. The molecule has 1 aromatic carbocycles. The minimum absolute atomic E-state index is 0.388. The first-order valence-electron chi connectivity index (χ1n) is 6.88. The first kappa shape index (κ1) is 15.7. The SMILES string of the molecule is CN(Cc1ccc(C#N)cc1)[C@H](Cc1cncn1C)C(=O)O. The maximum absolute atomic E-state index is 11.6. The molecular weight excluding hydrogens is 280 g/mol. The second kappa shape index (κ2) is 6.87. The van der Waals surface area contributed by atoms with Crippen molar-refractivity contribution >= 4 is 5.97 Å². The van der Waals surface area contributed by atoms with E-state index in [2.05, 4.69) is 11.1 Å². The molecule has 1 atom stereocenters. The number of nitrogens with zero attached hydrogens (tertiary/aromatic N) is 4. The number of hydrogen-bond acceptors (Lipinski definition) is 4. The first-order valence-corrected chi connectivity index (χ1v) is 6.88. The van der Waals surface area contributed by atoms with Crippen LogP contribution in [0, 0.1) is 11.3 Å². The zero-order chi connectivity index (χ0) is 16.1. The van der Waals surface area contributed by atoms with Gasteiger partial charge in [0.05, 0.1) is 18.0 Å². The number of aromatic nitrogens is 2. The Kier molecular flexibility index (Phi) is 4.92. The molecule has 0 bridgehead atoms. The van der Waals surface area contributed by atoms with E-state index in [0.717, 1.165) is 11.3 Å². The van der Waals surface area contributed by atoms with Gasteiger partial charge in [0, 0.05) is 31.9 Å². The van der Waals surface area contributed by atoms with Crippen LogP contribution in [0.5, 0.6) is 0 Å². The third kappa shape index (κ3) is 3.71. The van der Waals surface area contributed by atoms with Gasteiger partial charge in [-0.2, -0.15) is 5.26 Å². The predicted molar refractivity (Wildman–Crippen MR) is 81.0 cm³/mol. The Morgan fingerprint density at radius 2 is 2.14 bits per heavy atom. The summed E-state index contributed by atoms with van der Waals surface area (Å²) >= 11 is 0. The molecule has 2 rings (SSSR count). The summed E-state index contributed by atoms with van der Waals surface area (Å²) in [6.07, 6.45) is 3.74. The number of benzene rings is 1. The maximum atomic E-state index is 11.6. The zero-order valence-corrected chi connectivity index (χ0v) is 12.6. The number of rotatable bonds is 6. The molecule has 0 spiro atoms. The normalized spacial score (nSPS) is 12.1. The molecule has 1 aromatic heterocycles.